The molecule has 1 fully saturated rings. The van der Waals surface area contributed by atoms with E-state index in [1.807, 2.05) is 30.1 Å². The Labute approximate surface area is 122 Å². The van der Waals surface area contributed by atoms with Crippen LogP contribution < -0.4 is 4.90 Å². The van der Waals surface area contributed by atoms with E-state index in [0.717, 1.165) is 24.8 Å². The van der Waals surface area contributed by atoms with Crippen LogP contribution in [0.1, 0.15) is 23.5 Å². The smallest absolute Gasteiger partial charge is 0.374 e. The van der Waals surface area contributed by atoms with E-state index in [1.54, 1.807) is 6.07 Å². The second-order valence-electron chi connectivity index (χ2n) is 5.56. The minimum Gasteiger partial charge on any atom is -0.475 e. The molecule has 0 aliphatic heterocycles. The predicted octanol–water partition coefficient (Wildman–Crippen LogP) is 1.54. The molecule has 0 saturated heterocycles. The van der Waals surface area contributed by atoms with Crippen LogP contribution in [-0.4, -0.2) is 45.8 Å². The molecular weight excluding hydrogens is 270 g/mol. The lowest BCUT2D eigenvalue weighted by Gasteiger charge is -2.35. The molecule has 1 saturated carbocycles. The topological polar surface area (TPSA) is 86.5 Å². The lowest BCUT2D eigenvalue weighted by Crippen LogP contribution is -2.37. The van der Waals surface area contributed by atoms with E-state index in [9.17, 15) is 9.90 Å². The number of aliphatic hydroxyl groups is 1. The third-order valence-corrected chi connectivity index (χ3v) is 3.88. The second-order valence-corrected chi connectivity index (χ2v) is 5.56. The van der Waals surface area contributed by atoms with E-state index in [1.165, 1.54) is 0 Å². The summed E-state index contributed by atoms with van der Waals surface area (Å²) in [6.45, 7) is 0.747. The van der Waals surface area contributed by atoms with Crippen molar-refractivity contribution in [1.29, 1.82) is 0 Å². The van der Waals surface area contributed by atoms with Gasteiger partial charge in [-0.3, -0.25) is 0 Å². The number of carboxylic acids is 1. The first kappa shape index (κ1) is 13.8. The fourth-order valence-corrected chi connectivity index (χ4v) is 2.77. The predicted molar refractivity (Wildman–Crippen MR) is 78.5 cm³/mol. The summed E-state index contributed by atoms with van der Waals surface area (Å²) in [5, 5.41) is 19.4. The molecule has 110 valence electrons. The summed E-state index contributed by atoms with van der Waals surface area (Å²) in [6, 6.07) is 7.39. The molecule has 6 heteroatoms. The lowest BCUT2D eigenvalue weighted by atomic mass is 9.82. The van der Waals surface area contributed by atoms with E-state index in [2.05, 4.69) is 9.97 Å². The number of hydrogen-bond acceptors (Lipinski definition) is 5. The number of benzene rings is 1. The van der Waals surface area contributed by atoms with Gasteiger partial charge in [-0.25, -0.2) is 14.8 Å². The van der Waals surface area contributed by atoms with Crippen molar-refractivity contribution in [1.82, 2.24) is 9.97 Å². The minimum atomic E-state index is -1.13. The summed E-state index contributed by atoms with van der Waals surface area (Å²) in [6.07, 6.45) is 1.39. The Morgan fingerprint density at radius 3 is 2.71 bits per heavy atom. The fourth-order valence-electron chi connectivity index (χ4n) is 2.77. The summed E-state index contributed by atoms with van der Waals surface area (Å²) in [5.41, 5.74) is 0.625. The molecule has 0 unspecified atom stereocenters. The highest BCUT2D eigenvalue weighted by atomic mass is 16.4. The number of carbonyl (C=O) groups is 1. The van der Waals surface area contributed by atoms with E-state index >= 15 is 0 Å². The third-order valence-electron chi connectivity index (χ3n) is 3.88. The Balaban J connectivity index is 1.97. The number of anilines is 1. The third kappa shape index (κ3) is 2.67. The van der Waals surface area contributed by atoms with Crippen LogP contribution in [0.2, 0.25) is 0 Å². The number of hydrogen-bond donors (Lipinski definition) is 2. The Morgan fingerprint density at radius 2 is 2.05 bits per heavy atom. The Bertz CT molecular complexity index is 683. The molecule has 1 aliphatic rings. The molecule has 0 spiro atoms. The molecule has 1 heterocycles. The van der Waals surface area contributed by atoms with Gasteiger partial charge in [-0.1, -0.05) is 12.1 Å². The number of nitrogens with zero attached hydrogens (tertiary/aromatic N) is 3. The molecule has 1 aliphatic carbocycles. The molecule has 6 nitrogen and oxygen atoms in total. The van der Waals surface area contributed by atoms with Crippen molar-refractivity contribution in [2.75, 3.05) is 18.5 Å². The fraction of sp³-hybridized carbons (Fsp3) is 0.400. The standard InChI is InChI=1S/C15H17N3O3/c1-18(8-9-6-10(19)7-9)14-11-4-2-3-5-12(11)16-13(17-14)15(20)21/h2-5,9-10,19H,6-8H2,1H3,(H,20,21). The quantitative estimate of drug-likeness (QED) is 0.887. The van der Waals surface area contributed by atoms with Crippen molar-refractivity contribution in [3.8, 4) is 0 Å². The van der Waals surface area contributed by atoms with Crippen molar-refractivity contribution in [2.45, 2.75) is 18.9 Å². The Morgan fingerprint density at radius 1 is 1.33 bits per heavy atom. The Kier molecular flexibility index (Phi) is 3.47. The van der Waals surface area contributed by atoms with Gasteiger partial charge in [-0.05, 0) is 30.9 Å². The summed E-state index contributed by atoms with van der Waals surface area (Å²) < 4.78 is 0. The van der Waals surface area contributed by atoms with Gasteiger partial charge in [0, 0.05) is 19.0 Å². The first-order valence-electron chi connectivity index (χ1n) is 6.94. The van der Waals surface area contributed by atoms with Gasteiger partial charge in [-0.15, -0.1) is 0 Å². The Hall–Kier alpha value is -2.21. The maximum absolute atomic E-state index is 11.2. The van der Waals surface area contributed by atoms with E-state index in [0.29, 0.717) is 17.3 Å². The van der Waals surface area contributed by atoms with E-state index in [4.69, 9.17) is 5.11 Å². The molecule has 2 aromatic rings. The van der Waals surface area contributed by atoms with Gasteiger partial charge in [0.05, 0.1) is 11.6 Å². The second kappa shape index (κ2) is 5.29. The van der Waals surface area contributed by atoms with Gasteiger partial charge < -0.3 is 15.1 Å². The molecule has 2 N–H and O–H groups in total. The molecule has 21 heavy (non-hydrogen) atoms. The summed E-state index contributed by atoms with van der Waals surface area (Å²) >= 11 is 0. The van der Waals surface area contributed by atoms with Crippen molar-refractivity contribution >= 4 is 22.7 Å². The number of rotatable bonds is 4. The van der Waals surface area contributed by atoms with Gasteiger partial charge in [0.2, 0.25) is 5.82 Å². The minimum absolute atomic E-state index is 0.191. The number of carboxylic acid groups (broad SMARTS) is 1. The molecule has 3 rings (SSSR count). The number of fused-ring (bicyclic) bond motifs is 1. The molecule has 1 aromatic carbocycles. The van der Waals surface area contributed by atoms with Crippen LogP contribution in [0, 0.1) is 5.92 Å². The molecule has 0 atom stereocenters. The molecule has 1 aromatic heterocycles. The summed E-state index contributed by atoms with van der Waals surface area (Å²) in [4.78, 5) is 21.4. The van der Waals surface area contributed by atoms with Gasteiger partial charge >= 0.3 is 5.97 Å². The average molecular weight is 287 g/mol. The largest absolute Gasteiger partial charge is 0.475 e. The molecule has 0 amide bonds. The number of aliphatic hydroxyl groups excluding tert-OH is 1. The van der Waals surface area contributed by atoms with Crippen molar-refractivity contribution in [2.24, 2.45) is 5.92 Å². The van der Waals surface area contributed by atoms with Crippen LogP contribution in [0.4, 0.5) is 5.82 Å². The van der Waals surface area contributed by atoms with Crippen molar-refractivity contribution < 1.29 is 15.0 Å². The lowest BCUT2D eigenvalue weighted by molar-refractivity contribution is 0.0464. The number of aromatic nitrogens is 2. The van der Waals surface area contributed by atoms with Crippen molar-refractivity contribution in [3.05, 3.63) is 30.1 Å². The van der Waals surface area contributed by atoms with Crippen LogP contribution in [0.25, 0.3) is 10.9 Å². The van der Waals surface area contributed by atoms with E-state index < -0.39 is 5.97 Å². The van der Waals surface area contributed by atoms with Crippen LogP contribution >= 0.6 is 0 Å². The molecule has 0 radical (unpaired) electrons. The van der Waals surface area contributed by atoms with E-state index in [-0.39, 0.29) is 11.9 Å². The maximum Gasteiger partial charge on any atom is 0.374 e. The van der Waals surface area contributed by atoms with Crippen LogP contribution in [0.15, 0.2) is 24.3 Å². The summed E-state index contributed by atoms with van der Waals surface area (Å²) in [5.74, 6) is -0.273. The van der Waals surface area contributed by atoms with Crippen molar-refractivity contribution in [3.63, 3.8) is 0 Å². The average Bonchev–Trinajstić information content (AvgIpc) is 2.44. The monoisotopic (exact) mass is 287 g/mol. The molecular formula is C15H17N3O3. The number of aromatic carboxylic acids is 1. The summed E-state index contributed by atoms with van der Waals surface area (Å²) in [7, 11) is 1.89. The first-order valence-corrected chi connectivity index (χ1v) is 6.94. The van der Waals surface area contributed by atoms with Gasteiger partial charge in [0.1, 0.15) is 5.82 Å². The van der Waals surface area contributed by atoms with Gasteiger partial charge in [0.25, 0.3) is 0 Å². The van der Waals surface area contributed by atoms with Crippen LogP contribution in [0.3, 0.4) is 0 Å². The van der Waals surface area contributed by atoms with Gasteiger partial charge in [0.15, 0.2) is 0 Å². The maximum atomic E-state index is 11.2. The molecule has 0 bridgehead atoms. The SMILES string of the molecule is CN(CC1CC(O)C1)c1nc(C(=O)O)nc2ccccc12. The number of para-hydroxylation sites is 1. The van der Waals surface area contributed by atoms with Crippen LogP contribution in [-0.2, 0) is 0 Å². The normalized spacial score (nSPS) is 21.0. The highest BCUT2D eigenvalue weighted by molar-refractivity contribution is 5.93. The zero-order valence-corrected chi connectivity index (χ0v) is 11.7. The first-order chi connectivity index (χ1) is 10.0. The highest BCUT2D eigenvalue weighted by Gasteiger charge is 2.29. The zero-order valence-electron chi connectivity index (χ0n) is 11.7. The van der Waals surface area contributed by atoms with Crippen LogP contribution in [0.5, 0.6) is 0 Å². The van der Waals surface area contributed by atoms with Gasteiger partial charge in [-0.2, -0.15) is 0 Å². The zero-order chi connectivity index (χ0) is 15.0. The highest BCUT2D eigenvalue weighted by Crippen LogP contribution is 2.30.